The van der Waals surface area contributed by atoms with Gasteiger partial charge in [-0.15, -0.1) is 0 Å². The van der Waals surface area contributed by atoms with Gasteiger partial charge in [-0.2, -0.15) is 0 Å². The van der Waals surface area contributed by atoms with E-state index in [1.807, 2.05) is 76.2 Å². The van der Waals surface area contributed by atoms with Crippen molar-refractivity contribution >= 4 is 35.2 Å². The molecule has 1 atom stereocenters. The van der Waals surface area contributed by atoms with E-state index in [1.54, 1.807) is 24.3 Å². The van der Waals surface area contributed by atoms with Crippen molar-refractivity contribution in [2.24, 2.45) is 16.3 Å². The Labute approximate surface area is 292 Å². The number of hydrogen-bond acceptors (Lipinski definition) is 9. The molecule has 2 N–H and O–H groups in total. The van der Waals surface area contributed by atoms with E-state index in [2.05, 4.69) is 5.32 Å². The molecule has 0 spiro atoms. The van der Waals surface area contributed by atoms with Crippen LogP contribution in [0.25, 0.3) is 11.1 Å². The molecule has 262 valence electrons. The molecule has 0 saturated heterocycles. The number of carboxylic acid groups (broad SMARTS) is 1. The van der Waals surface area contributed by atoms with Gasteiger partial charge in [0.25, 0.3) is 0 Å². The van der Waals surface area contributed by atoms with Crippen LogP contribution in [0, 0.1) is 11.3 Å². The summed E-state index contributed by atoms with van der Waals surface area (Å²) in [7, 11) is 0. The SMILES string of the molecule is CC(C)CC(=Nc1ccc(COC(=O)CC[C@H](NC(=O)OCC2c3ccccc3-c3ccccc32)C(=O)[O-])cc1)C1=C(O)CC(C)(C)CC1=O. The first-order valence-electron chi connectivity index (χ1n) is 16.9. The average Bonchev–Trinajstić information content (AvgIpc) is 3.37. The van der Waals surface area contributed by atoms with Crippen LogP contribution in [0.2, 0.25) is 0 Å². The third-order valence-corrected chi connectivity index (χ3v) is 8.90. The first-order valence-corrected chi connectivity index (χ1v) is 16.9. The smallest absolute Gasteiger partial charge is 0.407 e. The van der Waals surface area contributed by atoms with Gasteiger partial charge in [-0.1, -0.05) is 88.4 Å². The summed E-state index contributed by atoms with van der Waals surface area (Å²) in [5, 5.41) is 24.8. The number of aliphatic hydroxyl groups is 1. The Morgan fingerprint density at radius 3 is 2.14 bits per heavy atom. The number of nitrogens with zero attached hydrogens (tertiary/aromatic N) is 1. The third kappa shape index (κ3) is 8.85. The van der Waals surface area contributed by atoms with Gasteiger partial charge in [-0.25, -0.2) is 4.79 Å². The van der Waals surface area contributed by atoms with Crippen molar-refractivity contribution < 1.29 is 38.9 Å². The van der Waals surface area contributed by atoms with E-state index < -0.39 is 24.1 Å². The fraction of sp³-hybridized carbons (Fsp3) is 0.375. The van der Waals surface area contributed by atoms with Crippen molar-refractivity contribution in [3.05, 3.63) is 101 Å². The molecule has 0 unspecified atom stereocenters. The van der Waals surface area contributed by atoms with Gasteiger partial charge in [-0.05, 0) is 64.1 Å². The van der Waals surface area contributed by atoms with E-state index in [0.717, 1.165) is 22.3 Å². The average molecular weight is 680 g/mol. The Hall–Kier alpha value is -5.25. The van der Waals surface area contributed by atoms with Crippen LogP contribution in [-0.4, -0.2) is 47.3 Å². The van der Waals surface area contributed by atoms with E-state index in [1.165, 1.54) is 0 Å². The molecule has 1 amide bonds. The zero-order chi connectivity index (χ0) is 36.0. The number of aliphatic imine (C=N–C) groups is 1. The number of rotatable bonds is 13. The molecule has 5 rings (SSSR count). The Morgan fingerprint density at radius 2 is 1.56 bits per heavy atom. The topological polar surface area (TPSA) is 154 Å². The highest BCUT2D eigenvalue weighted by atomic mass is 16.5. The quantitative estimate of drug-likeness (QED) is 0.154. The maximum Gasteiger partial charge on any atom is 0.407 e. The summed E-state index contributed by atoms with van der Waals surface area (Å²) in [4.78, 5) is 54.6. The van der Waals surface area contributed by atoms with Crippen molar-refractivity contribution in [2.75, 3.05) is 6.61 Å². The van der Waals surface area contributed by atoms with E-state index in [4.69, 9.17) is 14.5 Å². The Bertz CT molecular complexity index is 1780. The molecule has 3 aromatic carbocycles. The van der Waals surface area contributed by atoms with E-state index in [-0.39, 0.29) is 54.8 Å². The van der Waals surface area contributed by atoms with Crippen LogP contribution in [0.3, 0.4) is 0 Å². The number of allylic oxidation sites excluding steroid dienone is 2. The number of ether oxygens (including phenoxy) is 2. The number of Topliss-reactive ketones (excluding diaryl/α,β-unsaturated/α-hetero) is 1. The number of amides is 1. The molecule has 0 aromatic heterocycles. The number of hydrogen-bond donors (Lipinski definition) is 2. The standard InChI is InChI=1S/C40H44N2O8/c1-24(2)19-33(37-34(43)20-40(3,4)21-35(37)44)41-26-15-13-25(14-16-26)22-49-36(45)18-17-32(38(46)47)42-39(48)50-23-31-29-11-7-5-9-27(29)28-10-6-8-12-30(28)31/h5-16,24,31-32,43H,17-23H2,1-4H3,(H,42,48)(H,46,47)/p-1/t32-/m0/s1. The molecular formula is C40H43N2O8-. The number of alkyl carbamates (subject to hydrolysis) is 1. The van der Waals surface area contributed by atoms with Crippen LogP contribution in [0.1, 0.15) is 82.4 Å². The number of nitrogens with one attached hydrogen (secondary N) is 1. The molecule has 0 fully saturated rings. The lowest BCUT2D eigenvalue weighted by molar-refractivity contribution is -0.308. The number of esters is 1. The number of aliphatic carboxylic acids is 1. The van der Waals surface area contributed by atoms with Crippen LogP contribution in [0.15, 0.2) is 89.1 Å². The third-order valence-electron chi connectivity index (χ3n) is 8.90. The van der Waals surface area contributed by atoms with Gasteiger partial charge in [0.05, 0.1) is 29.0 Å². The minimum absolute atomic E-state index is 0.0155. The predicted molar refractivity (Wildman–Crippen MR) is 187 cm³/mol. The Kier molecular flexibility index (Phi) is 11.2. The molecule has 10 heteroatoms. The van der Waals surface area contributed by atoms with Gasteiger partial charge >= 0.3 is 12.1 Å². The minimum atomic E-state index is -1.54. The molecule has 0 saturated carbocycles. The van der Waals surface area contributed by atoms with Crippen molar-refractivity contribution in [1.82, 2.24) is 5.32 Å². The maximum atomic E-state index is 13.0. The number of carboxylic acids is 1. The van der Waals surface area contributed by atoms with Crippen molar-refractivity contribution in [2.45, 2.75) is 78.4 Å². The van der Waals surface area contributed by atoms with Crippen LogP contribution in [0.4, 0.5) is 10.5 Å². The van der Waals surface area contributed by atoms with Crippen molar-refractivity contribution in [1.29, 1.82) is 0 Å². The summed E-state index contributed by atoms with van der Waals surface area (Å²) < 4.78 is 10.8. The lowest BCUT2D eigenvalue weighted by atomic mass is 9.75. The summed E-state index contributed by atoms with van der Waals surface area (Å²) in [6.45, 7) is 7.91. The highest BCUT2D eigenvalue weighted by Gasteiger charge is 2.35. The van der Waals surface area contributed by atoms with Crippen molar-refractivity contribution in [3.8, 4) is 11.1 Å². The first kappa shape index (κ1) is 36.0. The van der Waals surface area contributed by atoms with Gasteiger partial charge in [-0.3, -0.25) is 14.6 Å². The Balaban J connectivity index is 1.12. The number of fused-ring (bicyclic) bond motifs is 3. The van der Waals surface area contributed by atoms with Gasteiger partial charge in [0.1, 0.15) is 19.0 Å². The highest BCUT2D eigenvalue weighted by molar-refractivity contribution is 6.23. The van der Waals surface area contributed by atoms with Gasteiger partial charge in [0.15, 0.2) is 5.78 Å². The highest BCUT2D eigenvalue weighted by Crippen LogP contribution is 2.44. The molecule has 10 nitrogen and oxygen atoms in total. The number of aliphatic hydroxyl groups excluding tert-OH is 1. The molecule has 0 heterocycles. The van der Waals surface area contributed by atoms with E-state index >= 15 is 0 Å². The molecule has 50 heavy (non-hydrogen) atoms. The number of ketones is 1. The molecule has 0 aliphatic heterocycles. The van der Waals surface area contributed by atoms with E-state index in [9.17, 15) is 29.4 Å². The second-order valence-corrected chi connectivity index (χ2v) is 14.1. The normalized spacial score (nSPS) is 16.1. The van der Waals surface area contributed by atoms with E-state index in [0.29, 0.717) is 41.8 Å². The van der Waals surface area contributed by atoms with Crippen LogP contribution in [-0.2, 0) is 30.5 Å². The molecule has 2 aliphatic carbocycles. The summed E-state index contributed by atoms with van der Waals surface area (Å²) in [5.41, 5.74) is 5.99. The summed E-state index contributed by atoms with van der Waals surface area (Å²) >= 11 is 0. The number of carbonyl (C=O) groups excluding carboxylic acids is 4. The second-order valence-electron chi connectivity index (χ2n) is 14.1. The summed E-state index contributed by atoms with van der Waals surface area (Å²) in [6.07, 6.45) is -0.165. The molecule has 2 aliphatic rings. The maximum absolute atomic E-state index is 13.0. The summed E-state index contributed by atoms with van der Waals surface area (Å²) in [6, 6.07) is 21.2. The monoisotopic (exact) mass is 679 g/mol. The fourth-order valence-corrected chi connectivity index (χ4v) is 6.56. The lowest BCUT2D eigenvalue weighted by Gasteiger charge is -2.30. The van der Waals surface area contributed by atoms with Gasteiger partial charge < -0.3 is 29.8 Å². The van der Waals surface area contributed by atoms with Gasteiger partial charge in [0, 0.05) is 25.2 Å². The molecule has 3 aromatic rings. The molecule has 0 bridgehead atoms. The first-order chi connectivity index (χ1) is 23.8. The number of carbonyl (C=O) groups is 4. The Morgan fingerprint density at radius 1 is 0.940 bits per heavy atom. The van der Waals surface area contributed by atoms with Crippen LogP contribution < -0.4 is 10.4 Å². The van der Waals surface area contributed by atoms with Crippen LogP contribution in [0.5, 0.6) is 0 Å². The zero-order valence-electron chi connectivity index (χ0n) is 28.9. The molecule has 0 radical (unpaired) electrons. The van der Waals surface area contributed by atoms with Crippen molar-refractivity contribution in [3.63, 3.8) is 0 Å². The predicted octanol–water partition coefficient (Wildman–Crippen LogP) is 6.49. The number of benzene rings is 3. The molecular weight excluding hydrogens is 636 g/mol. The van der Waals surface area contributed by atoms with Crippen LogP contribution >= 0.6 is 0 Å². The largest absolute Gasteiger partial charge is 0.548 e. The van der Waals surface area contributed by atoms with Gasteiger partial charge in [0.2, 0.25) is 0 Å². The second kappa shape index (κ2) is 15.5. The minimum Gasteiger partial charge on any atom is -0.548 e. The summed E-state index contributed by atoms with van der Waals surface area (Å²) in [5.74, 6) is -2.21. The lowest BCUT2D eigenvalue weighted by Crippen LogP contribution is -2.48. The fourth-order valence-electron chi connectivity index (χ4n) is 6.56. The zero-order valence-corrected chi connectivity index (χ0v) is 28.9.